The van der Waals surface area contributed by atoms with E-state index < -0.39 is 0 Å². The number of hydrogen-bond donors (Lipinski definition) is 1. The van der Waals surface area contributed by atoms with Gasteiger partial charge in [-0.2, -0.15) is 0 Å². The minimum Gasteiger partial charge on any atom is -0.492 e. The second-order valence-corrected chi connectivity index (χ2v) is 5.64. The Morgan fingerprint density at radius 3 is 2.62 bits per heavy atom. The molecular formula is C17H30N2O2. The van der Waals surface area contributed by atoms with E-state index >= 15 is 0 Å². The number of rotatable bonds is 11. The van der Waals surface area contributed by atoms with E-state index in [4.69, 9.17) is 9.47 Å². The van der Waals surface area contributed by atoms with E-state index in [1.807, 2.05) is 12.1 Å². The van der Waals surface area contributed by atoms with Gasteiger partial charge in [-0.1, -0.05) is 32.0 Å². The minimum absolute atomic E-state index is 0.477. The maximum atomic E-state index is 5.93. The van der Waals surface area contributed by atoms with Crippen molar-refractivity contribution in [2.24, 2.45) is 0 Å². The molecule has 21 heavy (non-hydrogen) atoms. The molecule has 1 N–H and O–H groups in total. The monoisotopic (exact) mass is 294 g/mol. The van der Waals surface area contributed by atoms with Crippen molar-refractivity contribution in [1.82, 2.24) is 10.2 Å². The predicted molar refractivity (Wildman–Crippen MR) is 87.9 cm³/mol. The lowest BCUT2D eigenvalue weighted by Crippen LogP contribution is -2.26. The predicted octanol–water partition coefficient (Wildman–Crippen LogP) is 2.53. The standard InChI is InChI=1S/C17H30N2O2/c1-15(2)18-14-16-8-5-6-9-17(16)21-13-11-19(3)10-7-12-20-4/h5-6,8-9,15,18H,7,10-14H2,1-4H3. The summed E-state index contributed by atoms with van der Waals surface area (Å²) < 4.78 is 11.0. The largest absolute Gasteiger partial charge is 0.492 e. The van der Waals surface area contributed by atoms with Crippen LogP contribution in [0.25, 0.3) is 0 Å². The molecule has 0 aliphatic rings. The summed E-state index contributed by atoms with van der Waals surface area (Å²) in [6, 6.07) is 8.72. The zero-order valence-electron chi connectivity index (χ0n) is 13.9. The average Bonchev–Trinajstić information content (AvgIpc) is 2.46. The van der Waals surface area contributed by atoms with Crippen LogP contribution in [0.1, 0.15) is 25.8 Å². The minimum atomic E-state index is 0.477. The van der Waals surface area contributed by atoms with Gasteiger partial charge in [0.05, 0.1) is 0 Å². The fourth-order valence-electron chi connectivity index (χ4n) is 2.01. The summed E-state index contributed by atoms with van der Waals surface area (Å²) in [7, 11) is 3.86. The van der Waals surface area contributed by atoms with E-state index in [9.17, 15) is 0 Å². The van der Waals surface area contributed by atoms with E-state index in [1.54, 1.807) is 7.11 Å². The van der Waals surface area contributed by atoms with Crippen molar-refractivity contribution in [1.29, 1.82) is 0 Å². The van der Waals surface area contributed by atoms with Crippen molar-refractivity contribution in [2.75, 3.05) is 40.5 Å². The molecule has 0 unspecified atom stereocenters. The molecule has 0 bridgehead atoms. The Balaban J connectivity index is 2.34. The summed E-state index contributed by atoms with van der Waals surface area (Å²) in [5.74, 6) is 0.982. The van der Waals surface area contributed by atoms with Crippen LogP contribution < -0.4 is 10.1 Å². The van der Waals surface area contributed by atoms with Gasteiger partial charge in [0.1, 0.15) is 12.4 Å². The van der Waals surface area contributed by atoms with Gasteiger partial charge in [-0.05, 0) is 19.5 Å². The summed E-state index contributed by atoms with van der Waals surface area (Å²) in [5.41, 5.74) is 1.22. The first-order chi connectivity index (χ1) is 10.1. The lowest BCUT2D eigenvalue weighted by molar-refractivity contribution is 0.171. The molecule has 0 spiro atoms. The summed E-state index contributed by atoms with van der Waals surface area (Å²) >= 11 is 0. The second-order valence-electron chi connectivity index (χ2n) is 5.64. The van der Waals surface area contributed by atoms with Crippen LogP contribution in [0.2, 0.25) is 0 Å². The quantitative estimate of drug-likeness (QED) is 0.636. The van der Waals surface area contributed by atoms with Gasteiger partial charge in [0.15, 0.2) is 0 Å². The van der Waals surface area contributed by atoms with Crippen LogP contribution in [0.4, 0.5) is 0 Å². The van der Waals surface area contributed by atoms with Gasteiger partial charge in [0, 0.05) is 45.0 Å². The first-order valence-corrected chi connectivity index (χ1v) is 7.75. The van der Waals surface area contributed by atoms with Crippen molar-refractivity contribution in [3.05, 3.63) is 29.8 Å². The molecule has 0 heterocycles. The molecule has 0 atom stereocenters. The number of hydrogen-bond acceptors (Lipinski definition) is 4. The number of para-hydroxylation sites is 1. The van der Waals surface area contributed by atoms with Crippen LogP contribution in [0.5, 0.6) is 5.75 Å². The summed E-state index contributed by atoms with van der Waals surface area (Å²) in [4.78, 5) is 2.27. The molecule has 4 heteroatoms. The Hall–Kier alpha value is -1.10. The number of ether oxygens (including phenoxy) is 2. The SMILES string of the molecule is COCCCN(C)CCOc1ccccc1CNC(C)C. The highest BCUT2D eigenvalue weighted by atomic mass is 16.5. The summed E-state index contributed by atoms with van der Waals surface area (Å²) in [5, 5.41) is 3.43. The average molecular weight is 294 g/mol. The lowest BCUT2D eigenvalue weighted by Gasteiger charge is -2.18. The van der Waals surface area contributed by atoms with Crippen LogP contribution in [-0.4, -0.2) is 51.4 Å². The van der Waals surface area contributed by atoms with Crippen LogP contribution in [0.15, 0.2) is 24.3 Å². The third-order valence-electron chi connectivity index (χ3n) is 3.29. The molecule has 0 saturated heterocycles. The van der Waals surface area contributed by atoms with Crippen LogP contribution in [0, 0.1) is 0 Å². The first-order valence-electron chi connectivity index (χ1n) is 7.75. The second kappa shape index (κ2) is 10.6. The molecule has 0 amide bonds. The van der Waals surface area contributed by atoms with E-state index in [2.05, 4.69) is 43.2 Å². The van der Waals surface area contributed by atoms with Crippen molar-refractivity contribution in [2.45, 2.75) is 32.9 Å². The molecule has 1 rings (SSSR count). The highest BCUT2D eigenvalue weighted by Crippen LogP contribution is 2.17. The molecule has 1 aromatic carbocycles. The zero-order chi connectivity index (χ0) is 15.5. The molecule has 0 aliphatic heterocycles. The van der Waals surface area contributed by atoms with Gasteiger partial charge in [-0.25, -0.2) is 0 Å². The molecule has 0 saturated carbocycles. The molecule has 120 valence electrons. The summed E-state index contributed by atoms with van der Waals surface area (Å²) in [6.45, 7) is 8.63. The van der Waals surface area contributed by atoms with Gasteiger partial charge in [-0.15, -0.1) is 0 Å². The van der Waals surface area contributed by atoms with Crippen LogP contribution in [-0.2, 0) is 11.3 Å². The number of likely N-dealkylation sites (N-methyl/N-ethyl adjacent to an activating group) is 1. The normalized spacial score (nSPS) is 11.3. The van der Waals surface area contributed by atoms with Gasteiger partial charge in [-0.3, -0.25) is 0 Å². The van der Waals surface area contributed by atoms with E-state index in [1.165, 1.54) is 5.56 Å². The third-order valence-corrected chi connectivity index (χ3v) is 3.29. The Morgan fingerprint density at radius 2 is 1.90 bits per heavy atom. The van der Waals surface area contributed by atoms with E-state index in [0.29, 0.717) is 12.6 Å². The van der Waals surface area contributed by atoms with Gasteiger partial charge in [0.25, 0.3) is 0 Å². The number of benzene rings is 1. The smallest absolute Gasteiger partial charge is 0.123 e. The lowest BCUT2D eigenvalue weighted by atomic mass is 10.2. The van der Waals surface area contributed by atoms with Crippen molar-refractivity contribution in [3.63, 3.8) is 0 Å². The van der Waals surface area contributed by atoms with E-state index in [-0.39, 0.29) is 0 Å². The topological polar surface area (TPSA) is 33.7 Å². The molecule has 0 aliphatic carbocycles. The van der Waals surface area contributed by atoms with Crippen molar-refractivity contribution in [3.8, 4) is 5.75 Å². The van der Waals surface area contributed by atoms with Crippen molar-refractivity contribution < 1.29 is 9.47 Å². The highest BCUT2D eigenvalue weighted by Gasteiger charge is 2.04. The zero-order valence-corrected chi connectivity index (χ0v) is 13.9. The first kappa shape index (κ1) is 18.0. The van der Waals surface area contributed by atoms with Crippen LogP contribution in [0.3, 0.4) is 0 Å². The van der Waals surface area contributed by atoms with Crippen LogP contribution >= 0.6 is 0 Å². The Kier molecular flexibility index (Phi) is 9.06. The molecule has 0 aromatic heterocycles. The Labute approximate surface area is 129 Å². The number of methoxy groups -OCH3 is 1. The maximum absolute atomic E-state index is 5.93. The summed E-state index contributed by atoms with van der Waals surface area (Å²) in [6.07, 6.45) is 1.06. The van der Waals surface area contributed by atoms with Gasteiger partial charge in [0.2, 0.25) is 0 Å². The molecule has 0 fully saturated rings. The molecule has 0 radical (unpaired) electrons. The van der Waals surface area contributed by atoms with Gasteiger partial charge < -0.3 is 19.7 Å². The highest BCUT2D eigenvalue weighted by molar-refractivity contribution is 5.33. The molecular weight excluding hydrogens is 264 g/mol. The Bertz CT molecular complexity index is 383. The maximum Gasteiger partial charge on any atom is 0.123 e. The molecule has 4 nitrogen and oxygen atoms in total. The van der Waals surface area contributed by atoms with Crippen molar-refractivity contribution >= 4 is 0 Å². The Morgan fingerprint density at radius 1 is 1.14 bits per heavy atom. The fraction of sp³-hybridized carbons (Fsp3) is 0.647. The fourth-order valence-corrected chi connectivity index (χ4v) is 2.01. The van der Waals surface area contributed by atoms with E-state index in [0.717, 1.165) is 38.4 Å². The molecule has 1 aromatic rings. The number of nitrogens with one attached hydrogen (secondary N) is 1. The number of nitrogens with zero attached hydrogens (tertiary/aromatic N) is 1. The third kappa shape index (κ3) is 8.05. The van der Waals surface area contributed by atoms with Gasteiger partial charge >= 0.3 is 0 Å².